The first-order valence-corrected chi connectivity index (χ1v) is 6.06. The molecule has 1 saturated carbocycles. The normalized spacial score (nSPS) is 38.9. The maximum Gasteiger partial charge on any atom is 0.226 e. The molecule has 1 aliphatic carbocycles. The van der Waals surface area contributed by atoms with Crippen LogP contribution in [0, 0.1) is 17.8 Å². The molecule has 2 rings (SSSR count). The van der Waals surface area contributed by atoms with Crippen molar-refractivity contribution in [2.45, 2.75) is 39.0 Å². The number of hydrogen-bond donors (Lipinski definition) is 0. The van der Waals surface area contributed by atoms with Crippen molar-refractivity contribution >= 4 is 5.91 Å². The Hall–Kier alpha value is -0.670. The van der Waals surface area contributed by atoms with Gasteiger partial charge in [-0.25, -0.2) is 8.78 Å². The van der Waals surface area contributed by atoms with Crippen molar-refractivity contribution in [1.82, 2.24) is 4.90 Å². The molecule has 0 radical (unpaired) electrons. The van der Waals surface area contributed by atoms with E-state index in [0.29, 0.717) is 19.4 Å². The number of nitrogens with zero attached hydrogens (tertiary/aromatic N) is 1. The van der Waals surface area contributed by atoms with Gasteiger partial charge in [0.05, 0.1) is 6.54 Å². The minimum absolute atomic E-state index is 0.0419. The van der Waals surface area contributed by atoms with Crippen LogP contribution in [-0.4, -0.2) is 36.2 Å². The molecule has 0 N–H and O–H groups in total. The molecule has 2 aliphatic rings. The van der Waals surface area contributed by atoms with Crippen LogP contribution in [-0.2, 0) is 4.79 Å². The van der Waals surface area contributed by atoms with Crippen LogP contribution in [0.5, 0.6) is 0 Å². The molecule has 0 bridgehead atoms. The van der Waals surface area contributed by atoms with Gasteiger partial charge in [-0.3, -0.25) is 4.79 Å². The van der Waals surface area contributed by atoms with E-state index in [1.165, 1.54) is 0 Å². The van der Waals surface area contributed by atoms with E-state index in [2.05, 4.69) is 0 Å². The van der Waals surface area contributed by atoms with Crippen molar-refractivity contribution in [2.75, 3.05) is 13.1 Å². The average Bonchev–Trinajstić information content (AvgIpc) is 2.54. The Kier molecular flexibility index (Phi) is 3.17. The van der Waals surface area contributed by atoms with E-state index >= 15 is 0 Å². The van der Waals surface area contributed by atoms with Crippen molar-refractivity contribution in [1.29, 1.82) is 0 Å². The SMILES string of the molecule is CC(C)[C@@H]1CN(C(=O)C2CC(F)C2)CC1F. The summed E-state index contributed by atoms with van der Waals surface area (Å²) in [6, 6.07) is 0. The highest BCUT2D eigenvalue weighted by Gasteiger charge is 2.42. The Labute approximate surface area is 95.0 Å². The molecule has 0 spiro atoms. The summed E-state index contributed by atoms with van der Waals surface area (Å²) in [4.78, 5) is 13.5. The van der Waals surface area contributed by atoms with Gasteiger partial charge in [0.2, 0.25) is 5.91 Å². The van der Waals surface area contributed by atoms with Crippen LogP contribution < -0.4 is 0 Å². The fraction of sp³-hybridized carbons (Fsp3) is 0.917. The van der Waals surface area contributed by atoms with Crippen LogP contribution in [0.2, 0.25) is 0 Å². The zero-order chi connectivity index (χ0) is 11.9. The van der Waals surface area contributed by atoms with Crippen LogP contribution in [0.15, 0.2) is 0 Å². The molecule has 1 amide bonds. The van der Waals surface area contributed by atoms with E-state index in [4.69, 9.17) is 0 Å². The number of hydrogen-bond acceptors (Lipinski definition) is 1. The Balaban J connectivity index is 1.90. The fourth-order valence-electron chi connectivity index (χ4n) is 2.61. The Morgan fingerprint density at radius 1 is 1.25 bits per heavy atom. The summed E-state index contributed by atoms with van der Waals surface area (Å²) in [7, 11) is 0. The Bertz CT molecular complexity index is 276. The first-order valence-electron chi connectivity index (χ1n) is 6.06. The minimum atomic E-state index is -0.912. The average molecular weight is 231 g/mol. The molecule has 2 atom stereocenters. The summed E-state index contributed by atoms with van der Waals surface area (Å²) < 4.78 is 26.3. The monoisotopic (exact) mass is 231 g/mol. The number of carbonyl (C=O) groups is 1. The molecule has 1 saturated heterocycles. The van der Waals surface area contributed by atoms with Gasteiger partial charge >= 0.3 is 0 Å². The summed E-state index contributed by atoms with van der Waals surface area (Å²) in [5.41, 5.74) is 0. The Morgan fingerprint density at radius 2 is 1.88 bits per heavy atom. The minimum Gasteiger partial charge on any atom is -0.339 e. The van der Waals surface area contributed by atoms with Gasteiger partial charge in [-0.15, -0.1) is 0 Å². The molecular formula is C12H19F2NO. The lowest BCUT2D eigenvalue weighted by Gasteiger charge is -2.32. The van der Waals surface area contributed by atoms with Gasteiger partial charge in [0.1, 0.15) is 12.3 Å². The molecule has 0 aromatic carbocycles. The van der Waals surface area contributed by atoms with Crippen LogP contribution in [0.1, 0.15) is 26.7 Å². The van der Waals surface area contributed by atoms with E-state index in [1.807, 2.05) is 13.8 Å². The molecule has 2 nitrogen and oxygen atoms in total. The van der Waals surface area contributed by atoms with E-state index in [1.54, 1.807) is 4.90 Å². The van der Waals surface area contributed by atoms with Crippen molar-refractivity contribution in [3.05, 3.63) is 0 Å². The topological polar surface area (TPSA) is 20.3 Å². The zero-order valence-corrected chi connectivity index (χ0v) is 9.83. The lowest BCUT2D eigenvalue weighted by Crippen LogP contribution is -2.41. The third-order valence-electron chi connectivity index (χ3n) is 3.89. The number of alkyl halides is 2. The van der Waals surface area contributed by atoms with Gasteiger partial charge in [-0.2, -0.15) is 0 Å². The molecule has 0 aromatic rings. The second-order valence-corrected chi connectivity index (χ2v) is 5.43. The number of carbonyl (C=O) groups excluding carboxylic acids is 1. The van der Waals surface area contributed by atoms with Gasteiger partial charge in [0, 0.05) is 18.4 Å². The van der Waals surface area contributed by atoms with Crippen molar-refractivity contribution in [3.63, 3.8) is 0 Å². The summed E-state index contributed by atoms with van der Waals surface area (Å²) in [5, 5.41) is 0. The van der Waals surface area contributed by atoms with Crippen molar-refractivity contribution in [3.8, 4) is 0 Å². The predicted octanol–water partition coefficient (Wildman–Crippen LogP) is 2.19. The third kappa shape index (κ3) is 2.06. The summed E-state index contributed by atoms with van der Waals surface area (Å²) in [5.74, 6) is -0.0267. The maximum absolute atomic E-state index is 13.6. The molecule has 92 valence electrons. The highest BCUT2D eigenvalue weighted by atomic mass is 19.1. The highest BCUT2D eigenvalue weighted by Crippen LogP contribution is 2.34. The molecule has 0 aromatic heterocycles. The number of rotatable bonds is 2. The quantitative estimate of drug-likeness (QED) is 0.713. The predicted molar refractivity (Wildman–Crippen MR) is 57.4 cm³/mol. The molecule has 1 unspecified atom stereocenters. The molecule has 16 heavy (non-hydrogen) atoms. The largest absolute Gasteiger partial charge is 0.339 e. The molecule has 1 heterocycles. The second-order valence-electron chi connectivity index (χ2n) is 5.43. The van der Waals surface area contributed by atoms with E-state index in [0.717, 1.165) is 0 Å². The lowest BCUT2D eigenvalue weighted by atomic mass is 9.82. The Morgan fingerprint density at radius 3 is 2.31 bits per heavy atom. The van der Waals surface area contributed by atoms with E-state index < -0.39 is 12.3 Å². The first-order chi connectivity index (χ1) is 7.49. The molecule has 1 aliphatic heterocycles. The number of likely N-dealkylation sites (tertiary alicyclic amines) is 1. The lowest BCUT2D eigenvalue weighted by molar-refractivity contribution is -0.139. The standard InChI is InChI=1S/C12H19F2NO/c1-7(2)10-5-15(6-11(10)14)12(16)8-3-9(13)4-8/h7-11H,3-6H2,1-2H3/t8?,9?,10-,11?/m0/s1. The van der Waals surface area contributed by atoms with Gasteiger partial charge in [0.15, 0.2) is 0 Å². The van der Waals surface area contributed by atoms with Gasteiger partial charge < -0.3 is 4.90 Å². The molecular weight excluding hydrogens is 212 g/mol. The van der Waals surface area contributed by atoms with E-state index in [9.17, 15) is 13.6 Å². The molecule has 4 heteroatoms. The van der Waals surface area contributed by atoms with Gasteiger partial charge in [0.25, 0.3) is 0 Å². The summed E-state index contributed by atoms with van der Waals surface area (Å²) in [6.07, 6.45) is -1.07. The van der Waals surface area contributed by atoms with Crippen molar-refractivity contribution in [2.24, 2.45) is 17.8 Å². The van der Waals surface area contributed by atoms with Crippen molar-refractivity contribution < 1.29 is 13.6 Å². The van der Waals surface area contributed by atoms with Crippen LogP contribution >= 0.6 is 0 Å². The molecule has 2 fully saturated rings. The van der Waals surface area contributed by atoms with Crippen LogP contribution in [0.3, 0.4) is 0 Å². The fourth-order valence-corrected chi connectivity index (χ4v) is 2.61. The van der Waals surface area contributed by atoms with Gasteiger partial charge in [-0.05, 0) is 18.8 Å². The highest BCUT2D eigenvalue weighted by molar-refractivity contribution is 5.80. The number of amides is 1. The second kappa shape index (κ2) is 4.30. The van der Waals surface area contributed by atoms with Crippen LogP contribution in [0.4, 0.5) is 8.78 Å². The van der Waals surface area contributed by atoms with E-state index in [-0.39, 0.29) is 30.2 Å². The zero-order valence-electron chi connectivity index (χ0n) is 9.83. The summed E-state index contributed by atoms with van der Waals surface area (Å²) in [6.45, 7) is 4.67. The van der Waals surface area contributed by atoms with Gasteiger partial charge in [-0.1, -0.05) is 13.8 Å². The first kappa shape index (κ1) is 11.8. The third-order valence-corrected chi connectivity index (χ3v) is 3.89. The smallest absolute Gasteiger partial charge is 0.226 e. The summed E-state index contributed by atoms with van der Waals surface area (Å²) >= 11 is 0. The maximum atomic E-state index is 13.6. The number of halogens is 2. The van der Waals surface area contributed by atoms with Crippen LogP contribution in [0.25, 0.3) is 0 Å².